The lowest BCUT2D eigenvalue weighted by molar-refractivity contribution is 0.0976. The zero-order valence-corrected chi connectivity index (χ0v) is 21.8. The Hall–Kier alpha value is 0.650. The summed E-state index contributed by atoms with van der Waals surface area (Å²) in [5, 5.41) is 0. The maximum Gasteiger partial charge on any atom is 0.0496 e. The molecule has 0 aromatic heterocycles. The number of alkyl halides is 1. The Bertz CT molecular complexity index is 326. The quantitative estimate of drug-likeness (QED) is 0.243. The third-order valence-electron chi connectivity index (χ3n) is 6.47. The monoisotopic (exact) mass is 495 g/mol. The van der Waals surface area contributed by atoms with E-state index in [1.807, 2.05) is 4.93 Å². The molecule has 1 heterocycles. The third kappa shape index (κ3) is 11.4. The zero-order valence-electron chi connectivity index (χ0n) is 19.6. The molecule has 27 heavy (non-hydrogen) atoms. The molecule has 0 radical (unpaired) electrons. The van der Waals surface area contributed by atoms with Gasteiger partial charge >= 0.3 is 0 Å². The maximum absolute atomic E-state index is 5.51. The van der Waals surface area contributed by atoms with Gasteiger partial charge in [0.15, 0.2) is 0 Å². The minimum atomic E-state index is 0.844. The fourth-order valence-electron chi connectivity index (χ4n) is 5.10. The molecule has 1 saturated carbocycles. The van der Waals surface area contributed by atoms with Crippen molar-refractivity contribution < 1.29 is 4.74 Å². The summed E-state index contributed by atoms with van der Waals surface area (Å²) in [5.41, 5.74) is 0. The number of ether oxygens (including phenoxy) is 1. The van der Waals surface area contributed by atoms with Crippen LogP contribution >= 0.6 is 22.6 Å². The van der Waals surface area contributed by atoms with Gasteiger partial charge in [0.2, 0.25) is 0 Å². The summed E-state index contributed by atoms with van der Waals surface area (Å²) in [6.45, 7) is 14.6. The minimum absolute atomic E-state index is 0.844. The Balaban J connectivity index is 0.000000460. The fourth-order valence-corrected chi connectivity index (χ4v) is 5.10. The Labute approximate surface area is 185 Å². The van der Waals surface area contributed by atoms with E-state index in [4.69, 9.17) is 4.74 Å². The number of likely N-dealkylation sites (tertiary alicyclic amines) is 1. The molecule has 1 saturated heterocycles. The van der Waals surface area contributed by atoms with Crippen LogP contribution in [0.2, 0.25) is 0 Å². The second-order valence-corrected chi connectivity index (χ2v) is 8.80. The Morgan fingerprint density at radius 3 is 2.00 bits per heavy atom. The summed E-state index contributed by atoms with van der Waals surface area (Å²) < 4.78 is 5.51. The number of rotatable bonds is 9. The first-order valence-electron chi connectivity index (χ1n) is 11.7. The second-order valence-electron chi connectivity index (χ2n) is 8.80. The normalized spacial score (nSPS) is 30.4. The molecule has 164 valence electrons. The predicted molar refractivity (Wildman–Crippen MR) is 131 cm³/mol. The van der Waals surface area contributed by atoms with Crippen LogP contribution < -0.4 is 0 Å². The molecule has 1 aliphatic heterocycles. The highest BCUT2D eigenvalue weighted by atomic mass is 127. The molecule has 2 nitrogen and oxygen atoms in total. The molecule has 0 aromatic carbocycles. The van der Waals surface area contributed by atoms with E-state index in [0.29, 0.717) is 0 Å². The number of hydrogen-bond donors (Lipinski definition) is 0. The van der Waals surface area contributed by atoms with E-state index in [0.717, 1.165) is 42.9 Å². The first kappa shape index (κ1) is 27.6. The summed E-state index contributed by atoms with van der Waals surface area (Å²) >= 11 is 2.15. The molecule has 2 fully saturated rings. The van der Waals surface area contributed by atoms with Gasteiger partial charge in [0.25, 0.3) is 0 Å². The van der Waals surface area contributed by atoms with Gasteiger partial charge < -0.3 is 9.64 Å². The molecule has 0 aromatic rings. The average molecular weight is 496 g/mol. The fraction of sp³-hybridized carbons (Fsp3) is 1.00. The van der Waals surface area contributed by atoms with E-state index >= 15 is 0 Å². The van der Waals surface area contributed by atoms with Gasteiger partial charge in [-0.05, 0) is 74.7 Å². The highest BCUT2D eigenvalue weighted by molar-refractivity contribution is 14.1. The van der Waals surface area contributed by atoms with Gasteiger partial charge in [0.05, 0.1) is 0 Å². The SMILES string of the molecule is CCCC1CC(C)C(COCC)C1.CCCC1CC(CCC)N(C)C1.CI. The van der Waals surface area contributed by atoms with Crippen LogP contribution in [0.15, 0.2) is 0 Å². The molecule has 0 amide bonds. The molecular formula is C24H50INO. The van der Waals surface area contributed by atoms with Crippen molar-refractivity contribution in [2.24, 2.45) is 23.7 Å². The van der Waals surface area contributed by atoms with Gasteiger partial charge in [-0.15, -0.1) is 0 Å². The average Bonchev–Trinajstić information content (AvgIpc) is 3.18. The van der Waals surface area contributed by atoms with Crippen molar-refractivity contribution in [3.8, 4) is 0 Å². The summed E-state index contributed by atoms with van der Waals surface area (Å²) in [6.07, 6.45) is 12.6. The molecule has 0 N–H and O–H groups in total. The number of hydrogen-bond acceptors (Lipinski definition) is 2. The molecule has 2 aliphatic rings. The molecular weight excluding hydrogens is 445 g/mol. The predicted octanol–water partition coefficient (Wildman–Crippen LogP) is 7.44. The van der Waals surface area contributed by atoms with E-state index in [2.05, 4.69) is 69.2 Å². The van der Waals surface area contributed by atoms with Crippen molar-refractivity contribution in [2.45, 2.75) is 98.4 Å². The van der Waals surface area contributed by atoms with Crippen LogP contribution in [-0.2, 0) is 4.74 Å². The highest BCUT2D eigenvalue weighted by Gasteiger charge is 2.30. The lowest BCUT2D eigenvalue weighted by atomic mass is 9.99. The molecule has 0 bridgehead atoms. The summed E-state index contributed by atoms with van der Waals surface area (Å²) in [4.78, 5) is 4.53. The first-order chi connectivity index (χ1) is 13.0. The van der Waals surface area contributed by atoms with E-state index < -0.39 is 0 Å². The van der Waals surface area contributed by atoms with Crippen LogP contribution in [0.1, 0.15) is 92.4 Å². The lowest BCUT2D eigenvalue weighted by Crippen LogP contribution is -2.24. The van der Waals surface area contributed by atoms with Crippen molar-refractivity contribution in [2.75, 3.05) is 31.7 Å². The largest absolute Gasteiger partial charge is 0.381 e. The van der Waals surface area contributed by atoms with Gasteiger partial charge in [0.1, 0.15) is 0 Å². The molecule has 5 atom stereocenters. The van der Waals surface area contributed by atoms with Gasteiger partial charge in [-0.2, -0.15) is 0 Å². The molecule has 0 spiro atoms. The lowest BCUT2D eigenvalue weighted by Gasteiger charge is -2.17. The number of nitrogens with zero attached hydrogens (tertiary/aromatic N) is 1. The van der Waals surface area contributed by atoms with Gasteiger partial charge in [0, 0.05) is 25.8 Å². The van der Waals surface area contributed by atoms with Crippen LogP contribution in [0.3, 0.4) is 0 Å². The van der Waals surface area contributed by atoms with E-state index in [1.165, 1.54) is 64.3 Å². The van der Waals surface area contributed by atoms with E-state index in [1.54, 1.807) is 0 Å². The molecule has 1 aliphatic carbocycles. The van der Waals surface area contributed by atoms with Crippen LogP contribution in [-0.4, -0.2) is 42.7 Å². The van der Waals surface area contributed by atoms with Gasteiger partial charge in [-0.3, -0.25) is 0 Å². The highest BCUT2D eigenvalue weighted by Crippen LogP contribution is 2.38. The second kappa shape index (κ2) is 17.5. The van der Waals surface area contributed by atoms with Crippen LogP contribution in [0, 0.1) is 23.7 Å². The third-order valence-corrected chi connectivity index (χ3v) is 6.47. The molecule has 3 heteroatoms. The smallest absolute Gasteiger partial charge is 0.0496 e. The first-order valence-corrected chi connectivity index (χ1v) is 13.9. The van der Waals surface area contributed by atoms with Crippen LogP contribution in [0.5, 0.6) is 0 Å². The van der Waals surface area contributed by atoms with Crippen LogP contribution in [0.4, 0.5) is 0 Å². The summed E-state index contributed by atoms with van der Waals surface area (Å²) in [6, 6.07) is 0.895. The summed E-state index contributed by atoms with van der Waals surface area (Å²) in [7, 11) is 2.29. The Kier molecular flexibility index (Phi) is 17.9. The molecule has 2 rings (SSSR count). The molecule has 5 unspecified atom stereocenters. The Morgan fingerprint density at radius 2 is 1.44 bits per heavy atom. The van der Waals surface area contributed by atoms with Crippen molar-refractivity contribution in [1.82, 2.24) is 4.90 Å². The van der Waals surface area contributed by atoms with Gasteiger partial charge in [-0.1, -0.05) is 76.0 Å². The number of halogens is 1. The van der Waals surface area contributed by atoms with Crippen LogP contribution in [0.25, 0.3) is 0 Å². The van der Waals surface area contributed by atoms with Gasteiger partial charge in [-0.25, -0.2) is 0 Å². The van der Waals surface area contributed by atoms with E-state index in [9.17, 15) is 0 Å². The summed E-state index contributed by atoms with van der Waals surface area (Å²) in [5.74, 6) is 3.72. The minimum Gasteiger partial charge on any atom is -0.381 e. The maximum atomic E-state index is 5.51. The van der Waals surface area contributed by atoms with Crippen molar-refractivity contribution in [3.05, 3.63) is 0 Å². The zero-order chi connectivity index (χ0) is 20.7. The topological polar surface area (TPSA) is 12.5 Å². The van der Waals surface area contributed by atoms with Crippen molar-refractivity contribution in [3.63, 3.8) is 0 Å². The van der Waals surface area contributed by atoms with Crippen molar-refractivity contribution >= 4 is 22.6 Å². The standard InChI is InChI=1S/C12H24O.C11H23N.CH3I/c1-4-6-11-7-10(3)12(8-11)9-13-5-2;1-4-6-10-8-11(7-5-2)12(3)9-10;1-2/h10-12H,4-9H2,1-3H3;10-11H,4-9H2,1-3H3;1H3. The van der Waals surface area contributed by atoms with Crippen molar-refractivity contribution in [1.29, 1.82) is 0 Å². The van der Waals surface area contributed by atoms with E-state index in [-0.39, 0.29) is 0 Å². The Morgan fingerprint density at radius 1 is 0.852 bits per heavy atom.